The maximum atomic E-state index is 13.3. The molecule has 0 aliphatic heterocycles. The van der Waals surface area contributed by atoms with E-state index in [0.717, 1.165) is 24.2 Å². The van der Waals surface area contributed by atoms with E-state index in [-0.39, 0.29) is 5.82 Å². The Hall–Kier alpha value is -0.930. The first-order valence-electron chi connectivity index (χ1n) is 6.22. The van der Waals surface area contributed by atoms with Crippen molar-refractivity contribution in [3.8, 4) is 0 Å². The van der Waals surface area contributed by atoms with Crippen LogP contribution in [0.25, 0.3) is 0 Å². The molecule has 1 atom stereocenters. The Morgan fingerprint density at radius 2 is 1.94 bits per heavy atom. The summed E-state index contributed by atoms with van der Waals surface area (Å²) in [5.41, 5.74) is 7.40. The van der Waals surface area contributed by atoms with Crippen molar-refractivity contribution in [1.82, 2.24) is 4.90 Å². The number of rotatable bonds is 6. The lowest BCUT2D eigenvalue weighted by molar-refractivity contribution is 0.275. The molecule has 1 aromatic rings. The fourth-order valence-electron chi connectivity index (χ4n) is 1.96. The molecule has 0 bridgehead atoms. The Bertz CT molecular complexity index is 352. The van der Waals surface area contributed by atoms with Crippen molar-refractivity contribution >= 4 is 0 Å². The summed E-state index contributed by atoms with van der Waals surface area (Å²) in [4.78, 5) is 2.23. The highest BCUT2D eigenvalue weighted by molar-refractivity contribution is 5.24. The summed E-state index contributed by atoms with van der Waals surface area (Å²) in [6, 6.07) is 5.07. The zero-order chi connectivity index (χ0) is 12.8. The molecule has 0 spiro atoms. The molecule has 1 rings (SSSR count). The molecule has 96 valence electrons. The second-order valence-corrected chi connectivity index (χ2v) is 4.88. The summed E-state index contributed by atoms with van der Waals surface area (Å²) >= 11 is 0. The van der Waals surface area contributed by atoms with Crippen molar-refractivity contribution in [2.24, 2.45) is 11.7 Å². The van der Waals surface area contributed by atoms with Gasteiger partial charge >= 0.3 is 0 Å². The van der Waals surface area contributed by atoms with Crippen LogP contribution in [0.3, 0.4) is 0 Å². The van der Waals surface area contributed by atoms with Crippen LogP contribution in [-0.2, 0) is 13.1 Å². The predicted octanol–water partition coefficient (Wildman–Crippen LogP) is 2.76. The molecule has 0 aliphatic carbocycles. The first-order chi connectivity index (χ1) is 8.05. The molecule has 3 heteroatoms. The molecule has 1 unspecified atom stereocenters. The van der Waals surface area contributed by atoms with Crippen molar-refractivity contribution < 1.29 is 4.39 Å². The van der Waals surface area contributed by atoms with E-state index in [1.54, 1.807) is 6.07 Å². The molecular formula is C14H23FN2. The van der Waals surface area contributed by atoms with Gasteiger partial charge in [-0.15, -0.1) is 0 Å². The molecule has 0 radical (unpaired) electrons. The summed E-state index contributed by atoms with van der Waals surface area (Å²) in [5.74, 6) is 0.474. The van der Waals surface area contributed by atoms with Crippen LogP contribution in [-0.4, -0.2) is 18.5 Å². The smallest absolute Gasteiger partial charge is 0.123 e. The Morgan fingerprint density at radius 1 is 1.29 bits per heavy atom. The third-order valence-corrected chi connectivity index (χ3v) is 3.03. The van der Waals surface area contributed by atoms with E-state index >= 15 is 0 Å². The lowest BCUT2D eigenvalue weighted by Gasteiger charge is -2.20. The van der Waals surface area contributed by atoms with Crippen LogP contribution in [0.4, 0.5) is 4.39 Å². The fourth-order valence-corrected chi connectivity index (χ4v) is 1.96. The third-order valence-electron chi connectivity index (χ3n) is 3.03. The third kappa shape index (κ3) is 4.84. The zero-order valence-electron chi connectivity index (χ0n) is 11.0. The van der Waals surface area contributed by atoms with Gasteiger partial charge in [0.05, 0.1) is 0 Å². The lowest BCUT2D eigenvalue weighted by atomic mass is 10.1. The number of hydrogen-bond donors (Lipinski definition) is 1. The van der Waals surface area contributed by atoms with Gasteiger partial charge in [0, 0.05) is 19.6 Å². The Morgan fingerprint density at radius 3 is 2.53 bits per heavy atom. The molecule has 0 saturated carbocycles. The molecular weight excluding hydrogens is 215 g/mol. The van der Waals surface area contributed by atoms with Crippen molar-refractivity contribution in [1.29, 1.82) is 0 Å². The Kier molecular flexibility index (Phi) is 5.59. The van der Waals surface area contributed by atoms with Gasteiger partial charge in [-0.1, -0.05) is 26.3 Å². The van der Waals surface area contributed by atoms with Crippen molar-refractivity contribution in [3.63, 3.8) is 0 Å². The monoisotopic (exact) mass is 238 g/mol. The minimum atomic E-state index is -0.195. The number of nitrogens with zero attached hydrogens (tertiary/aromatic N) is 1. The van der Waals surface area contributed by atoms with E-state index in [1.165, 1.54) is 12.5 Å². The molecule has 0 saturated heterocycles. The average molecular weight is 238 g/mol. The standard InChI is InChI=1S/C14H23FN2/c1-4-11(2)9-17(3)10-13-5-12(8-16)6-14(15)7-13/h5-7,11H,4,8-10,16H2,1-3H3. The topological polar surface area (TPSA) is 29.3 Å². The second kappa shape index (κ2) is 6.72. The molecule has 0 aromatic heterocycles. The molecule has 0 heterocycles. The summed E-state index contributed by atoms with van der Waals surface area (Å²) in [6.45, 7) is 6.61. The summed E-state index contributed by atoms with van der Waals surface area (Å²) in [7, 11) is 2.07. The molecule has 0 fully saturated rings. The minimum absolute atomic E-state index is 0.195. The van der Waals surface area contributed by atoms with Crippen molar-refractivity contribution in [2.45, 2.75) is 33.4 Å². The average Bonchev–Trinajstić information content (AvgIpc) is 2.27. The normalized spacial score (nSPS) is 13.1. The Labute approximate surface area is 104 Å². The number of nitrogens with two attached hydrogens (primary N) is 1. The highest BCUT2D eigenvalue weighted by Gasteiger charge is 2.07. The van der Waals surface area contributed by atoms with Gasteiger partial charge in [-0.3, -0.25) is 0 Å². The van der Waals surface area contributed by atoms with Gasteiger partial charge in [0.25, 0.3) is 0 Å². The van der Waals surface area contributed by atoms with Crippen LogP contribution in [0.2, 0.25) is 0 Å². The zero-order valence-corrected chi connectivity index (χ0v) is 11.0. The molecule has 0 amide bonds. The van der Waals surface area contributed by atoms with Crippen LogP contribution in [0, 0.1) is 11.7 Å². The largest absolute Gasteiger partial charge is 0.326 e. The van der Waals surface area contributed by atoms with E-state index in [9.17, 15) is 4.39 Å². The molecule has 2 N–H and O–H groups in total. The van der Waals surface area contributed by atoms with E-state index in [2.05, 4.69) is 25.8 Å². The summed E-state index contributed by atoms with van der Waals surface area (Å²) in [6.07, 6.45) is 1.17. The highest BCUT2D eigenvalue weighted by Crippen LogP contribution is 2.12. The minimum Gasteiger partial charge on any atom is -0.326 e. The number of hydrogen-bond acceptors (Lipinski definition) is 2. The van der Waals surface area contributed by atoms with Crippen LogP contribution in [0.15, 0.2) is 18.2 Å². The first-order valence-corrected chi connectivity index (χ1v) is 6.22. The Balaban J connectivity index is 2.64. The molecule has 2 nitrogen and oxygen atoms in total. The summed E-state index contributed by atoms with van der Waals surface area (Å²) in [5, 5.41) is 0. The lowest BCUT2D eigenvalue weighted by Crippen LogP contribution is -2.23. The van der Waals surface area contributed by atoms with Crippen LogP contribution >= 0.6 is 0 Å². The predicted molar refractivity (Wildman–Crippen MR) is 70.1 cm³/mol. The van der Waals surface area contributed by atoms with Gasteiger partial charge in [0.15, 0.2) is 0 Å². The van der Waals surface area contributed by atoms with Gasteiger partial charge in [0.1, 0.15) is 5.82 Å². The maximum absolute atomic E-state index is 13.3. The van der Waals surface area contributed by atoms with E-state index < -0.39 is 0 Å². The second-order valence-electron chi connectivity index (χ2n) is 4.88. The van der Waals surface area contributed by atoms with Gasteiger partial charge in [-0.2, -0.15) is 0 Å². The van der Waals surface area contributed by atoms with Crippen molar-refractivity contribution in [3.05, 3.63) is 35.1 Å². The van der Waals surface area contributed by atoms with Crippen molar-refractivity contribution in [2.75, 3.05) is 13.6 Å². The molecule has 0 aliphatic rings. The van der Waals surface area contributed by atoms with Gasteiger partial charge in [0.2, 0.25) is 0 Å². The maximum Gasteiger partial charge on any atom is 0.123 e. The van der Waals surface area contributed by atoms with Crippen LogP contribution in [0.1, 0.15) is 31.4 Å². The first kappa shape index (κ1) is 14.1. The molecule has 17 heavy (non-hydrogen) atoms. The molecule has 1 aromatic carbocycles. The van der Waals surface area contributed by atoms with Gasteiger partial charge in [-0.05, 0) is 36.2 Å². The quantitative estimate of drug-likeness (QED) is 0.825. The van der Waals surface area contributed by atoms with E-state index in [4.69, 9.17) is 5.73 Å². The fraction of sp³-hybridized carbons (Fsp3) is 0.571. The summed E-state index contributed by atoms with van der Waals surface area (Å²) < 4.78 is 13.3. The van der Waals surface area contributed by atoms with E-state index in [0.29, 0.717) is 12.5 Å². The SMILES string of the molecule is CCC(C)CN(C)Cc1cc(F)cc(CN)c1. The number of benzene rings is 1. The van der Waals surface area contributed by atoms with E-state index in [1.807, 2.05) is 6.07 Å². The van der Waals surface area contributed by atoms with Crippen LogP contribution in [0.5, 0.6) is 0 Å². The van der Waals surface area contributed by atoms with Gasteiger partial charge in [-0.25, -0.2) is 4.39 Å². The van der Waals surface area contributed by atoms with Gasteiger partial charge < -0.3 is 10.6 Å². The number of halogens is 1. The highest BCUT2D eigenvalue weighted by atomic mass is 19.1. The van der Waals surface area contributed by atoms with Crippen LogP contribution < -0.4 is 5.73 Å².